The number of anilines is 3. The maximum Gasteiger partial charge on any atom is 0.293 e. The van der Waals surface area contributed by atoms with Crippen molar-refractivity contribution < 1.29 is 9.53 Å². The average Bonchev–Trinajstić information content (AvgIpc) is 2.86. The predicted molar refractivity (Wildman–Crippen MR) is 187 cm³/mol. The third-order valence-corrected chi connectivity index (χ3v) is 8.67. The molecule has 3 aromatic rings. The van der Waals surface area contributed by atoms with Crippen LogP contribution in [0.1, 0.15) is 13.8 Å². The maximum atomic E-state index is 13.1. The van der Waals surface area contributed by atoms with Gasteiger partial charge in [0, 0.05) is 31.2 Å². The van der Waals surface area contributed by atoms with Crippen LogP contribution in [0.5, 0.6) is 5.75 Å². The van der Waals surface area contributed by atoms with Gasteiger partial charge in [-0.15, -0.1) is 0 Å². The minimum absolute atomic E-state index is 0.0878. The SMILES string of the molecule is BC(B)(B)NC(=O)C(B)(B)Oc1cc2cc(Nc3nc(N4C[C@@H](C)C(B)(B)[C@@H](C)C4)ncc3Cl)ccc2n(C)c1=O. The Labute approximate surface area is 253 Å². The average molecular weight is 568 g/mol. The second-order valence-electron chi connectivity index (χ2n) is 13.5. The molecule has 208 valence electrons. The molecule has 9 nitrogen and oxygen atoms in total. The van der Waals surface area contributed by atoms with Crippen LogP contribution in [0.2, 0.25) is 10.2 Å². The zero-order chi connectivity index (χ0) is 30.5. The second kappa shape index (κ2) is 11.1. The number of hydrogen-bond acceptors (Lipinski definition) is 7. The number of nitrogens with zero attached hydrogens (tertiary/aromatic N) is 4. The molecular weight excluding hydrogens is 531 g/mol. The van der Waals surface area contributed by atoms with Gasteiger partial charge in [-0.3, -0.25) is 9.59 Å². The van der Waals surface area contributed by atoms with Crippen LogP contribution in [0.25, 0.3) is 10.9 Å². The van der Waals surface area contributed by atoms with Gasteiger partial charge < -0.3 is 24.8 Å². The van der Waals surface area contributed by atoms with E-state index in [2.05, 4.69) is 50.1 Å². The van der Waals surface area contributed by atoms with Crippen molar-refractivity contribution in [2.24, 2.45) is 18.9 Å². The van der Waals surface area contributed by atoms with Crippen molar-refractivity contribution in [3.63, 3.8) is 0 Å². The van der Waals surface area contributed by atoms with Crippen LogP contribution in [0, 0.1) is 11.8 Å². The Balaban J connectivity index is 1.62. The Morgan fingerprint density at radius 2 is 1.76 bits per heavy atom. The fraction of sp³-hybridized carbons (Fsp3) is 0.417. The molecule has 0 spiro atoms. The summed E-state index contributed by atoms with van der Waals surface area (Å²) in [5.74, 6) is 1.89. The van der Waals surface area contributed by atoms with Gasteiger partial charge in [0.2, 0.25) is 11.9 Å². The first kappa shape index (κ1) is 31.1. The monoisotopic (exact) mass is 568 g/mol. The van der Waals surface area contributed by atoms with Crippen LogP contribution in [0.15, 0.2) is 35.3 Å². The third-order valence-electron chi connectivity index (χ3n) is 8.40. The maximum absolute atomic E-state index is 13.1. The molecule has 1 amide bonds. The van der Waals surface area contributed by atoms with E-state index < -0.39 is 10.6 Å². The largest absolute Gasteiger partial charge is 0.491 e. The highest BCUT2D eigenvalue weighted by molar-refractivity contribution is 6.61. The molecule has 1 saturated heterocycles. The van der Waals surface area contributed by atoms with E-state index in [1.54, 1.807) is 35.0 Å². The van der Waals surface area contributed by atoms with Crippen LogP contribution in [-0.4, -0.2) is 99.1 Å². The van der Waals surface area contributed by atoms with Crippen molar-refractivity contribution in [1.82, 2.24) is 19.9 Å². The number of rotatable bonds is 7. The summed E-state index contributed by atoms with van der Waals surface area (Å²) >= 11 is 6.52. The van der Waals surface area contributed by atoms with Gasteiger partial charge in [0.1, 0.15) is 49.7 Å². The van der Waals surface area contributed by atoms with Crippen LogP contribution in [0.3, 0.4) is 0 Å². The lowest BCUT2D eigenvalue weighted by atomic mass is 9.42. The molecule has 2 atom stereocenters. The minimum Gasteiger partial charge on any atom is -0.491 e. The lowest BCUT2D eigenvalue weighted by molar-refractivity contribution is -0.126. The molecule has 4 rings (SSSR count). The minimum atomic E-state index is -1.26. The summed E-state index contributed by atoms with van der Waals surface area (Å²) in [6.45, 7) is 6.29. The summed E-state index contributed by atoms with van der Waals surface area (Å²) in [4.78, 5) is 37.5. The summed E-state index contributed by atoms with van der Waals surface area (Å²) in [6, 6.07) is 7.29. The molecule has 0 saturated carbocycles. The van der Waals surface area contributed by atoms with E-state index in [0.29, 0.717) is 28.6 Å². The van der Waals surface area contributed by atoms with Crippen LogP contribution >= 0.6 is 11.6 Å². The van der Waals surface area contributed by atoms with Gasteiger partial charge in [0.05, 0.1) is 11.7 Å². The van der Waals surface area contributed by atoms with Gasteiger partial charge in [-0.2, -0.15) is 4.98 Å². The first-order chi connectivity index (χ1) is 18.9. The number of piperidine rings is 1. The highest BCUT2D eigenvalue weighted by Crippen LogP contribution is 2.42. The number of nitrogens with one attached hydrogen (secondary N) is 2. The zero-order valence-corrected chi connectivity index (χ0v) is 26.6. The van der Waals surface area contributed by atoms with Crippen molar-refractivity contribution in [2.75, 3.05) is 23.3 Å². The van der Waals surface area contributed by atoms with E-state index in [1.165, 1.54) is 4.57 Å². The van der Waals surface area contributed by atoms with Crippen molar-refractivity contribution in [3.05, 3.63) is 45.8 Å². The van der Waals surface area contributed by atoms with E-state index in [9.17, 15) is 9.59 Å². The molecule has 0 aliphatic carbocycles. The Morgan fingerprint density at radius 3 is 2.37 bits per heavy atom. The number of carbonyl (C=O) groups is 1. The number of aromatic nitrogens is 3. The first-order valence-corrected chi connectivity index (χ1v) is 14.5. The Hall–Kier alpha value is -2.88. The first-order valence-electron chi connectivity index (χ1n) is 14.1. The normalized spacial score (nSPS) is 19.1. The number of hydrogen-bond donors (Lipinski definition) is 2. The number of benzene rings is 1. The Bertz CT molecular complexity index is 1530. The molecule has 0 radical (unpaired) electrons. The van der Waals surface area contributed by atoms with E-state index >= 15 is 0 Å². The quantitative estimate of drug-likeness (QED) is 0.282. The summed E-state index contributed by atoms with van der Waals surface area (Å²) in [5, 5.41) is 5.95. The van der Waals surface area contributed by atoms with Crippen molar-refractivity contribution in [2.45, 2.75) is 29.7 Å². The molecule has 17 heteroatoms. The second-order valence-corrected chi connectivity index (χ2v) is 13.9. The smallest absolute Gasteiger partial charge is 0.293 e. The molecule has 1 aliphatic rings. The molecule has 2 N–H and O–H groups in total. The van der Waals surface area contributed by atoms with E-state index in [-0.39, 0.29) is 22.4 Å². The van der Waals surface area contributed by atoms with E-state index in [4.69, 9.17) is 21.3 Å². The Kier molecular flexibility index (Phi) is 8.40. The van der Waals surface area contributed by atoms with Gasteiger partial charge in [-0.05, 0) is 41.3 Å². The fourth-order valence-corrected chi connectivity index (χ4v) is 5.14. The van der Waals surface area contributed by atoms with Gasteiger partial charge in [-0.1, -0.05) is 30.7 Å². The summed E-state index contributed by atoms with van der Waals surface area (Å²) in [7, 11) is 15.3. The van der Waals surface area contributed by atoms with Gasteiger partial charge in [0.15, 0.2) is 27.3 Å². The predicted octanol–water partition coefficient (Wildman–Crippen LogP) is -3.87. The molecule has 3 heterocycles. The lowest BCUT2D eigenvalue weighted by Crippen LogP contribution is -2.61. The molecular formula is C24H36B7ClN6O3. The molecule has 41 heavy (non-hydrogen) atoms. The topological polar surface area (TPSA) is 101 Å². The van der Waals surface area contributed by atoms with Gasteiger partial charge in [0.25, 0.3) is 5.56 Å². The highest BCUT2D eigenvalue weighted by Gasteiger charge is 2.39. The lowest BCUT2D eigenvalue weighted by Gasteiger charge is -2.47. The van der Waals surface area contributed by atoms with Crippen molar-refractivity contribution >= 4 is 101 Å². The number of fused-ring (bicyclic) bond motifs is 1. The fourth-order valence-electron chi connectivity index (χ4n) is 5.01. The number of aryl methyl sites for hydroxylation is 1. The van der Waals surface area contributed by atoms with Crippen LogP contribution < -0.4 is 25.8 Å². The summed E-state index contributed by atoms with van der Waals surface area (Å²) in [6.07, 6.45) is 1.63. The van der Waals surface area contributed by atoms with E-state index in [0.717, 1.165) is 29.7 Å². The Morgan fingerprint density at radius 1 is 1.12 bits per heavy atom. The number of ether oxygens (including phenoxy) is 1. The molecule has 1 fully saturated rings. The van der Waals surface area contributed by atoms with Gasteiger partial charge in [-0.25, -0.2) is 4.98 Å². The zero-order valence-electron chi connectivity index (χ0n) is 25.8. The van der Waals surface area contributed by atoms with Crippen molar-refractivity contribution in [3.8, 4) is 5.75 Å². The number of halogens is 1. The highest BCUT2D eigenvalue weighted by atomic mass is 35.5. The third kappa shape index (κ3) is 6.63. The van der Waals surface area contributed by atoms with E-state index in [1.807, 2.05) is 41.7 Å². The number of carbonyl (C=O) groups excluding carboxylic acids is 1. The summed E-state index contributed by atoms with van der Waals surface area (Å²) < 4.78 is 7.52. The van der Waals surface area contributed by atoms with Crippen LogP contribution in [0.4, 0.5) is 17.5 Å². The molecule has 0 unspecified atom stereocenters. The standard InChI is InChI=1S/C24H36B7ClN6O3/c1-11-9-38(10-12(2)22(11,25)26)21-33-8-15(32)18(35-21)34-14-4-5-16-13(6-14)7-17(19(39)37(16)3)41-23(27,28)20(40)36-24(29,30)31/h4-8,11-12H,9-10,25-31H2,1-3H3,(H,36,40)(H,33,34,35)/t11-,12+. The molecule has 1 aromatic carbocycles. The molecule has 0 bridgehead atoms. The van der Waals surface area contributed by atoms with Crippen molar-refractivity contribution in [1.29, 1.82) is 0 Å². The van der Waals surface area contributed by atoms with Crippen LogP contribution in [-0.2, 0) is 11.8 Å². The molecule has 1 aliphatic heterocycles. The number of pyridine rings is 1. The number of amides is 1. The summed E-state index contributed by atoms with van der Waals surface area (Å²) in [5.41, 5.74) is 1.13. The molecule has 2 aromatic heterocycles. The van der Waals surface area contributed by atoms with Gasteiger partial charge >= 0.3 is 0 Å².